The molecule has 0 amide bonds. The van der Waals surface area contributed by atoms with Crippen molar-refractivity contribution in [1.82, 2.24) is 4.72 Å². The lowest BCUT2D eigenvalue weighted by atomic mass is 10.1. The Morgan fingerprint density at radius 3 is 2.25 bits per heavy atom. The molecule has 20 heavy (non-hydrogen) atoms. The van der Waals surface area contributed by atoms with E-state index in [1.807, 2.05) is 37.3 Å². The highest BCUT2D eigenvalue weighted by atomic mass is 35.5. The molecule has 2 aromatic carbocycles. The first-order valence-corrected chi connectivity index (χ1v) is 8.29. The van der Waals surface area contributed by atoms with E-state index in [9.17, 15) is 8.42 Å². The van der Waals surface area contributed by atoms with Crippen molar-refractivity contribution in [3.05, 3.63) is 70.7 Å². The van der Waals surface area contributed by atoms with Crippen LogP contribution in [0.2, 0.25) is 5.02 Å². The van der Waals surface area contributed by atoms with Gasteiger partial charge in [0.25, 0.3) is 0 Å². The second kappa shape index (κ2) is 6.39. The van der Waals surface area contributed by atoms with Crippen LogP contribution < -0.4 is 4.72 Å². The third-order valence-corrected chi connectivity index (χ3v) is 4.60. The van der Waals surface area contributed by atoms with Crippen molar-refractivity contribution < 1.29 is 8.42 Å². The standard InChI is InChI=1S/C15H16ClNO2S/c1-12(14-5-3-2-4-6-14)17-20(18,19)11-13-7-9-15(16)10-8-13/h2-10,12,17H,11H2,1H3. The van der Waals surface area contributed by atoms with Gasteiger partial charge < -0.3 is 0 Å². The summed E-state index contributed by atoms with van der Waals surface area (Å²) in [4.78, 5) is 0. The maximum absolute atomic E-state index is 12.1. The van der Waals surface area contributed by atoms with Crippen molar-refractivity contribution in [3.8, 4) is 0 Å². The summed E-state index contributed by atoms with van der Waals surface area (Å²) in [6.45, 7) is 1.83. The van der Waals surface area contributed by atoms with Crippen LogP contribution in [0.3, 0.4) is 0 Å². The lowest BCUT2D eigenvalue weighted by Gasteiger charge is -2.14. The number of hydrogen-bond donors (Lipinski definition) is 1. The maximum Gasteiger partial charge on any atom is 0.216 e. The van der Waals surface area contributed by atoms with Crippen molar-refractivity contribution in [2.75, 3.05) is 0 Å². The van der Waals surface area contributed by atoms with Crippen LogP contribution in [0.25, 0.3) is 0 Å². The molecule has 0 aromatic heterocycles. The van der Waals surface area contributed by atoms with Crippen LogP contribution in [-0.2, 0) is 15.8 Å². The molecule has 2 aromatic rings. The van der Waals surface area contributed by atoms with Gasteiger partial charge in [-0.2, -0.15) is 0 Å². The summed E-state index contributed by atoms with van der Waals surface area (Å²) >= 11 is 5.78. The molecule has 3 nitrogen and oxygen atoms in total. The van der Waals surface area contributed by atoms with E-state index in [4.69, 9.17) is 11.6 Å². The van der Waals surface area contributed by atoms with Crippen molar-refractivity contribution in [2.24, 2.45) is 0 Å². The molecule has 0 radical (unpaired) electrons. The number of benzene rings is 2. The van der Waals surface area contributed by atoms with E-state index >= 15 is 0 Å². The summed E-state index contributed by atoms with van der Waals surface area (Å²) in [6.07, 6.45) is 0. The summed E-state index contributed by atoms with van der Waals surface area (Å²) in [5.74, 6) is -0.0542. The highest BCUT2D eigenvalue weighted by Crippen LogP contribution is 2.15. The monoisotopic (exact) mass is 309 g/mol. The Morgan fingerprint density at radius 2 is 1.65 bits per heavy atom. The quantitative estimate of drug-likeness (QED) is 0.918. The molecule has 0 saturated carbocycles. The van der Waals surface area contributed by atoms with Crippen LogP contribution in [0.5, 0.6) is 0 Å². The van der Waals surface area contributed by atoms with Gasteiger partial charge in [-0.3, -0.25) is 0 Å². The van der Waals surface area contributed by atoms with E-state index in [0.29, 0.717) is 10.6 Å². The minimum atomic E-state index is -3.39. The van der Waals surface area contributed by atoms with Crippen LogP contribution in [0.1, 0.15) is 24.1 Å². The summed E-state index contributed by atoms with van der Waals surface area (Å²) < 4.78 is 26.9. The molecule has 0 saturated heterocycles. The zero-order chi connectivity index (χ0) is 14.6. The Hall–Kier alpha value is -1.36. The molecule has 0 heterocycles. The van der Waals surface area contributed by atoms with Crippen molar-refractivity contribution in [1.29, 1.82) is 0 Å². The normalized spacial score (nSPS) is 13.1. The summed E-state index contributed by atoms with van der Waals surface area (Å²) in [7, 11) is -3.39. The largest absolute Gasteiger partial charge is 0.216 e. The minimum absolute atomic E-state index is 0.0542. The lowest BCUT2D eigenvalue weighted by molar-refractivity contribution is 0.566. The third kappa shape index (κ3) is 4.34. The first kappa shape index (κ1) is 15.0. The fourth-order valence-electron chi connectivity index (χ4n) is 1.92. The molecule has 0 spiro atoms. The average molecular weight is 310 g/mol. The van der Waals surface area contributed by atoms with Crippen LogP contribution >= 0.6 is 11.6 Å². The lowest BCUT2D eigenvalue weighted by Crippen LogP contribution is -2.28. The van der Waals surface area contributed by atoms with Crippen LogP contribution in [0, 0.1) is 0 Å². The van der Waals surface area contributed by atoms with E-state index in [0.717, 1.165) is 5.56 Å². The number of halogens is 1. The topological polar surface area (TPSA) is 46.2 Å². The van der Waals surface area contributed by atoms with E-state index in [-0.39, 0.29) is 11.8 Å². The molecule has 2 rings (SSSR count). The molecule has 0 bridgehead atoms. The molecule has 1 atom stereocenters. The fourth-order valence-corrected chi connectivity index (χ4v) is 3.44. The molecule has 1 unspecified atom stereocenters. The maximum atomic E-state index is 12.1. The SMILES string of the molecule is CC(NS(=O)(=O)Cc1ccc(Cl)cc1)c1ccccc1. The van der Waals surface area contributed by atoms with Gasteiger partial charge in [0.15, 0.2) is 0 Å². The second-order valence-corrected chi connectivity index (χ2v) is 6.83. The minimum Gasteiger partial charge on any atom is -0.212 e. The van der Waals surface area contributed by atoms with Gasteiger partial charge >= 0.3 is 0 Å². The second-order valence-electron chi connectivity index (χ2n) is 4.64. The Labute approximate surface area is 124 Å². The number of nitrogens with one attached hydrogen (secondary N) is 1. The zero-order valence-corrected chi connectivity index (χ0v) is 12.7. The Balaban J connectivity index is 2.06. The van der Waals surface area contributed by atoms with E-state index < -0.39 is 10.0 Å². The van der Waals surface area contributed by atoms with Gasteiger partial charge in [-0.15, -0.1) is 0 Å². The van der Waals surface area contributed by atoms with Crippen molar-refractivity contribution in [2.45, 2.75) is 18.7 Å². The Morgan fingerprint density at radius 1 is 1.05 bits per heavy atom. The molecule has 0 aliphatic heterocycles. The molecule has 0 fully saturated rings. The van der Waals surface area contributed by atoms with Gasteiger partial charge in [0.05, 0.1) is 5.75 Å². The first-order valence-electron chi connectivity index (χ1n) is 6.26. The number of sulfonamides is 1. The van der Waals surface area contributed by atoms with Gasteiger partial charge in [0.2, 0.25) is 10.0 Å². The van der Waals surface area contributed by atoms with Gasteiger partial charge in [-0.05, 0) is 30.2 Å². The molecule has 5 heteroatoms. The molecule has 1 N–H and O–H groups in total. The molecule has 0 aliphatic rings. The fraction of sp³-hybridized carbons (Fsp3) is 0.200. The van der Waals surface area contributed by atoms with E-state index in [1.54, 1.807) is 24.3 Å². The predicted octanol–water partition coefficient (Wildman–Crippen LogP) is 3.52. The van der Waals surface area contributed by atoms with Crippen LogP contribution in [0.4, 0.5) is 0 Å². The Bertz CT molecular complexity index is 654. The van der Waals surface area contributed by atoms with Gasteiger partial charge in [0.1, 0.15) is 0 Å². The van der Waals surface area contributed by atoms with Crippen molar-refractivity contribution in [3.63, 3.8) is 0 Å². The van der Waals surface area contributed by atoms with Crippen molar-refractivity contribution >= 4 is 21.6 Å². The van der Waals surface area contributed by atoms with Crippen LogP contribution in [0.15, 0.2) is 54.6 Å². The number of rotatable bonds is 5. The number of hydrogen-bond acceptors (Lipinski definition) is 2. The smallest absolute Gasteiger partial charge is 0.212 e. The highest BCUT2D eigenvalue weighted by Gasteiger charge is 2.16. The third-order valence-electron chi connectivity index (χ3n) is 2.93. The average Bonchev–Trinajstić information content (AvgIpc) is 2.41. The zero-order valence-electron chi connectivity index (χ0n) is 11.1. The Kier molecular flexibility index (Phi) is 4.81. The van der Waals surface area contributed by atoms with E-state index in [1.165, 1.54) is 0 Å². The summed E-state index contributed by atoms with van der Waals surface area (Å²) in [5, 5.41) is 0.594. The summed E-state index contributed by atoms with van der Waals surface area (Å²) in [6, 6.07) is 16.0. The highest BCUT2D eigenvalue weighted by molar-refractivity contribution is 7.88. The van der Waals surface area contributed by atoms with Gasteiger partial charge in [-0.25, -0.2) is 13.1 Å². The molecular formula is C15H16ClNO2S. The first-order chi connectivity index (χ1) is 9.46. The van der Waals surface area contributed by atoms with Gasteiger partial charge in [-0.1, -0.05) is 54.1 Å². The summed E-state index contributed by atoms with van der Waals surface area (Å²) in [5.41, 5.74) is 1.65. The molecular weight excluding hydrogens is 294 g/mol. The van der Waals surface area contributed by atoms with Gasteiger partial charge in [0, 0.05) is 11.1 Å². The van der Waals surface area contributed by atoms with E-state index in [2.05, 4.69) is 4.72 Å². The molecule has 106 valence electrons. The predicted molar refractivity (Wildman–Crippen MR) is 82.1 cm³/mol. The van der Waals surface area contributed by atoms with Crippen LogP contribution in [-0.4, -0.2) is 8.42 Å². The molecule has 0 aliphatic carbocycles.